The molecule has 6 N–H and O–H groups in total. The van der Waals surface area contributed by atoms with Gasteiger partial charge in [-0.2, -0.15) is 8.42 Å². The van der Waals surface area contributed by atoms with Gasteiger partial charge in [0.25, 0.3) is 28.1 Å². The second-order valence-electron chi connectivity index (χ2n) is 24.1. The second-order valence-corrected chi connectivity index (χ2v) is 26.3. The predicted molar refractivity (Wildman–Crippen MR) is 353 cm³/mol. The summed E-state index contributed by atoms with van der Waals surface area (Å²) >= 11 is 12.7. The van der Waals surface area contributed by atoms with E-state index in [1.807, 2.05) is 85.4 Å². The fourth-order valence-corrected chi connectivity index (χ4v) is 10.4. The number of anilines is 1. The van der Waals surface area contributed by atoms with Crippen LogP contribution in [0.15, 0.2) is 125 Å². The number of aliphatic hydroxyl groups is 2. The minimum Gasteiger partial charge on any atom is -0.489 e. The second kappa shape index (κ2) is 32.2. The Morgan fingerprint density at radius 3 is 1.64 bits per heavy atom. The Kier molecular flexibility index (Phi) is 26.1. The summed E-state index contributed by atoms with van der Waals surface area (Å²) in [5.74, 6) is 2.65. The number of hydrogen-bond acceptors (Lipinski definition) is 14. The number of benzene rings is 5. The number of rotatable bonds is 20. The van der Waals surface area contributed by atoms with Crippen LogP contribution in [0.5, 0.6) is 11.5 Å². The Labute approximate surface area is 533 Å². The van der Waals surface area contributed by atoms with Crippen molar-refractivity contribution in [2.45, 2.75) is 149 Å². The maximum absolute atomic E-state index is 13.4. The van der Waals surface area contributed by atoms with Crippen molar-refractivity contribution in [2.75, 3.05) is 25.6 Å². The number of aliphatic hydroxyl groups excluding tert-OH is 2. The Hall–Kier alpha value is -7.59. The van der Waals surface area contributed by atoms with Gasteiger partial charge in [0, 0.05) is 91.6 Å². The van der Waals surface area contributed by atoms with Crippen LogP contribution in [-0.2, 0) is 57.4 Å². The maximum Gasteiger partial charge on any atom is 0.294 e. The highest BCUT2D eigenvalue weighted by Gasteiger charge is 2.24. The van der Waals surface area contributed by atoms with Gasteiger partial charge in [-0.3, -0.25) is 23.5 Å². The normalized spacial score (nSPS) is 12.2. The molecule has 0 unspecified atom stereocenters. The average molecular weight is 1280 g/mol. The molecule has 0 aliphatic carbocycles. The van der Waals surface area contributed by atoms with Crippen molar-refractivity contribution in [3.63, 3.8) is 0 Å². The van der Waals surface area contributed by atoms with E-state index in [4.69, 9.17) is 52.9 Å². The van der Waals surface area contributed by atoms with Gasteiger partial charge >= 0.3 is 0 Å². The first-order valence-corrected chi connectivity index (χ1v) is 31.5. The minimum atomic E-state index is -4.02. The van der Waals surface area contributed by atoms with Crippen molar-refractivity contribution in [1.82, 2.24) is 34.0 Å². The first kappa shape index (κ1) is 72.2. The molecule has 8 aromatic rings. The zero-order valence-electron chi connectivity index (χ0n) is 53.3. The summed E-state index contributed by atoms with van der Waals surface area (Å²) in [6.45, 7) is 24.9. The molecule has 0 spiro atoms. The van der Waals surface area contributed by atoms with Crippen molar-refractivity contribution in [2.24, 2.45) is 14.1 Å². The monoisotopic (exact) mass is 1280 g/mol. The number of carbonyl (C=O) groups excluding carboxylic acids is 2. The molecule has 5 aromatic carbocycles. The largest absolute Gasteiger partial charge is 0.489 e. The first-order valence-electron chi connectivity index (χ1n) is 29.3. The first-order chi connectivity index (χ1) is 41.8. The average Bonchev–Trinajstić information content (AvgIpc) is 1.24. The summed E-state index contributed by atoms with van der Waals surface area (Å²) < 4.78 is 50.8. The van der Waals surface area contributed by atoms with Crippen molar-refractivity contribution in [1.29, 1.82) is 0 Å². The Bertz CT molecular complexity index is 3800. The molecule has 8 rings (SSSR count). The molecular weight excluding hydrogens is 1200 g/mol. The fraction of sp³-hybridized carbons (Fsp3) is 0.403. The van der Waals surface area contributed by atoms with Crippen molar-refractivity contribution < 1.29 is 47.0 Å². The van der Waals surface area contributed by atoms with Gasteiger partial charge in [0.05, 0.1) is 67.9 Å². The lowest BCUT2D eigenvalue weighted by molar-refractivity contribution is -0.128. The Morgan fingerprint density at radius 1 is 0.730 bits per heavy atom. The van der Waals surface area contributed by atoms with E-state index in [1.54, 1.807) is 48.1 Å². The minimum absolute atomic E-state index is 0.0428. The molecule has 89 heavy (non-hydrogen) atoms. The van der Waals surface area contributed by atoms with E-state index in [2.05, 4.69) is 90.0 Å². The third-order valence-corrected chi connectivity index (χ3v) is 15.1. The third kappa shape index (κ3) is 21.0. The molecule has 22 heteroatoms. The number of aromatic nitrogens is 6. The molecular formula is C67H86Cl2N8O11S. The standard InChI is InChI=1S/C29H35ClN4O3.C28H37ClN4O3.C7H8O3S.C3H6O2/c1-18(2)37-26-15-24-22(14-23(26)30)27(36)34(17-31-24)21(11-12-35)13-19-7-9-20(10-8-19)25-16-33(6)28(32-25)29(3,4)5;1-17(2)36-25-15-23(30)21(14-22(25)29)26(35)31-20(11-12-34)13-18-7-9-19(10-8-18)24-16-33(6)27(32-24)28(3,4)5;1-6-2-4-7(5-3-6)11(8,9)10;1-2-5-3-4/h7-10,14-18,21,35H,11-13H2,1-6H3;7-10,14-17,20,34H,11-13,30H2,1-6H3,(H,31,35);2-5H,1H3,(H,8,9,10);3H,2H2,1H3/t21-;20-;;/m11../s1. The number of amides is 1. The van der Waals surface area contributed by atoms with Gasteiger partial charge < -0.3 is 44.6 Å². The van der Waals surface area contributed by atoms with Crippen LogP contribution in [0.4, 0.5) is 5.69 Å². The molecule has 0 aliphatic rings. The smallest absolute Gasteiger partial charge is 0.294 e. The molecule has 0 saturated heterocycles. The summed E-state index contributed by atoms with van der Waals surface area (Å²) in [6.07, 6.45) is 7.49. The van der Waals surface area contributed by atoms with Crippen LogP contribution in [0.25, 0.3) is 33.4 Å². The van der Waals surface area contributed by atoms with Gasteiger partial charge in [0.15, 0.2) is 0 Å². The van der Waals surface area contributed by atoms with Crippen LogP contribution in [0.2, 0.25) is 10.0 Å². The van der Waals surface area contributed by atoms with Gasteiger partial charge in [-0.15, -0.1) is 0 Å². The molecule has 0 bridgehead atoms. The number of carbonyl (C=O) groups is 2. The topological polar surface area (TPSA) is 265 Å². The molecule has 19 nitrogen and oxygen atoms in total. The highest BCUT2D eigenvalue weighted by atomic mass is 35.5. The lowest BCUT2D eigenvalue weighted by atomic mass is 9.96. The van der Waals surface area contributed by atoms with E-state index in [9.17, 15) is 33.0 Å². The predicted octanol–water partition coefficient (Wildman–Crippen LogP) is 12.3. The van der Waals surface area contributed by atoms with Crippen LogP contribution < -0.4 is 26.1 Å². The summed E-state index contributed by atoms with van der Waals surface area (Å²) in [7, 11) is 0.0122. The van der Waals surface area contributed by atoms with Crippen LogP contribution >= 0.6 is 23.2 Å². The summed E-state index contributed by atoms with van der Waals surface area (Å²) in [5.41, 5.74) is 13.9. The van der Waals surface area contributed by atoms with Crippen molar-refractivity contribution in [3.8, 4) is 34.0 Å². The number of nitrogens with one attached hydrogen (secondary N) is 1. The zero-order chi connectivity index (χ0) is 66.1. The Morgan fingerprint density at radius 2 is 1.21 bits per heavy atom. The van der Waals surface area contributed by atoms with Crippen molar-refractivity contribution >= 4 is 62.3 Å². The number of fused-ring (bicyclic) bond motifs is 1. The molecule has 1 amide bonds. The SMILES string of the molecule is CC(C)Oc1cc(N)c(C(=O)N[C@H](CCO)Cc2ccc(-c3cn(C)c(C(C)(C)C)n3)cc2)cc1Cl.CC(C)Oc1cc2ncn([C@H](CCO)Cc3ccc(-c4cn(C)c(C(C)(C)C)n4)cc3)c(=O)c2cc1Cl.CCOC=O.Cc1ccc(S(=O)(=O)O)cc1. The van der Waals surface area contributed by atoms with Gasteiger partial charge in [0.2, 0.25) is 0 Å². The summed E-state index contributed by atoms with van der Waals surface area (Å²) in [6, 6.07) is 28.2. The van der Waals surface area contributed by atoms with Gasteiger partial charge in [0.1, 0.15) is 23.1 Å². The van der Waals surface area contributed by atoms with Crippen LogP contribution in [-0.4, -0.2) is 102 Å². The lowest BCUT2D eigenvalue weighted by Crippen LogP contribution is -2.37. The molecule has 0 radical (unpaired) electrons. The van der Waals surface area contributed by atoms with E-state index in [-0.39, 0.29) is 75.9 Å². The van der Waals surface area contributed by atoms with Crippen LogP contribution in [0.3, 0.4) is 0 Å². The van der Waals surface area contributed by atoms with Crippen molar-refractivity contribution in [3.05, 3.63) is 170 Å². The van der Waals surface area contributed by atoms with Gasteiger partial charge in [-0.05, 0) is 103 Å². The highest BCUT2D eigenvalue weighted by molar-refractivity contribution is 7.85. The van der Waals surface area contributed by atoms with E-state index in [0.29, 0.717) is 71.2 Å². The molecule has 480 valence electrons. The van der Waals surface area contributed by atoms with E-state index < -0.39 is 10.1 Å². The summed E-state index contributed by atoms with van der Waals surface area (Å²) in [4.78, 5) is 49.7. The number of halogens is 2. The van der Waals surface area contributed by atoms with Crippen LogP contribution in [0, 0.1) is 6.92 Å². The molecule has 3 heterocycles. The Balaban J connectivity index is 0.000000260. The molecule has 3 aromatic heterocycles. The highest BCUT2D eigenvalue weighted by Crippen LogP contribution is 2.33. The number of nitrogens with zero attached hydrogens (tertiary/aromatic N) is 6. The molecule has 0 aliphatic heterocycles. The number of imidazole rings is 2. The third-order valence-electron chi connectivity index (χ3n) is 13.7. The number of ether oxygens (including phenoxy) is 3. The van der Waals surface area contributed by atoms with Gasteiger partial charge in [-0.1, -0.05) is 131 Å². The van der Waals surface area contributed by atoms with Crippen LogP contribution in [0.1, 0.15) is 134 Å². The number of hydrogen-bond donors (Lipinski definition) is 5. The van der Waals surface area contributed by atoms with E-state index in [1.165, 1.54) is 18.2 Å². The fourth-order valence-electron chi connectivity index (χ4n) is 9.55. The summed E-state index contributed by atoms with van der Waals surface area (Å²) in [5, 5.41) is 23.4. The maximum atomic E-state index is 13.4. The number of nitrogen functional groups attached to an aromatic ring is 1. The molecule has 2 atom stereocenters. The van der Waals surface area contributed by atoms with E-state index >= 15 is 0 Å². The molecule has 0 fully saturated rings. The van der Waals surface area contributed by atoms with E-state index in [0.717, 1.165) is 50.9 Å². The zero-order valence-corrected chi connectivity index (χ0v) is 55.7. The van der Waals surface area contributed by atoms with Gasteiger partial charge in [-0.25, -0.2) is 15.0 Å². The number of aryl methyl sites for hydroxylation is 3. The number of nitrogens with two attached hydrogens (primary N) is 1. The quantitative estimate of drug-likeness (QED) is 0.0270. The lowest BCUT2D eigenvalue weighted by Gasteiger charge is -2.20. The molecule has 0 saturated carbocycles.